The Labute approximate surface area is 93.9 Å². The van der Waals surface area contributed by atoms with Gasteiger partial charge in [-0.25, -0.2) is 4.68 Å². The van der Waals surface area contributed by atoms with Crippen molar-refractivity contribution in [3.63, 3.8) is 0 Å². The Morgan fingerprint density at radius 2 is 2.38 bits per heavy atom. The zero-order valence-electron chi connectivity index (χ0n) is 9.12. The molecule has 2 heterocycles. The first kappa shape index (κ1) is 11.1. The van der Waals surface area contributed by atoms with Crippen molar-refractivity contribution in [3.05, 3.63) is 12.4 Å². The summed E-state index contributed by atoms with van der Waals surface area (Å²) in [6.45, 7) is 0.984. The van der Waals surface area contributed by atoms with Gasteiger partial charge < -0.3 is 10.0 Å². The van der Waals surface area contributed by atoms with E-state index in [4.69, 9.17) is 0 Å². The van der Waals surface area contributed by atoms with E-state index in [0.29, 0.717) is 0 Å². The summed E-state index contributed by atoms with van der Waals surface area (Å²) >= 11 is 0. The Hall–Kier alpha value is -1.43. The summed E-state index contributed by atoms with van der Waals surface area (Å²) in [5.74, 6) is 0.00394. The fourth-order valence-corrected chi connectivity index (χ4v) is 2.07. The van der Waals surface area contributed by atoms with Crippen molar-refractivity contribution in [2.45, 2.75) is 31.8 Å². The maximum atomic E-state index is 12.0. The van der Waals surface area contributed by atoms with Crippen LogP contribution in [0, 0.1) is 0 Å². The second-order valence-corrected chi connectivity index (χ2v) is 4.02. The molecule has 1 aromatic heterocycles. The number of aliphatic hydroxyl groups is 1. The van der Waals surface area contributed by atoms with E-state index in [1.165, 1.54) is 4.68 Å². The average Bonchev–Trinajstić information content (AvgIpc) is 2.81. The molecule has 1 aromatic rings. The molecule has 1 amide bonds. The molecule has 1 atom stereocenters. The van der Waals surface area contributed by atoms with Crippen LogP contribution in [-0.4, -0.2) is 50.1 Å². The van der Waals surface area contributed by atoms with Crippen LogP contribution in [0.4, 0.5) is 0 Å². The van der Waals surface area contributed by atoms with Gasteiger partial charge in [-0.05, 0) is 19.3 Å². The summed E-state index contributed by atoms with van der Waals surface area (Å²) < 4.78 is 1.51. The van der Waals surface area contributed by atoms with Crippen molar-refractivity contribution in [3.8, 4) is 0 Å². The van der Waals surface area contributed by atoms with E-state index in [1.54, 1.807) is 17.3 Å². The standard InChI is InChI=1S/C10H16N4O2/c15-8-9-3-1-2-5-14(9)10(16)7-13-6-4-11-12-13/h4,6,9,15H,1-3,5,7-8H2. The van der Waals surface area contributed by atoms with Gasteiger partial charge in [-0.1, -0.05) is 5.21 Å². The normalized spacial score (nSPS) is 21.1. The van der Waals surface area contributed by atoms with Crippen molar-refractivity contribution < 1.29 is 9.90 Å². The maximum absolute atomic E-state index is 12.0. The largest absolute Gasteiger partial charge is 0.394 e. The van der Waals surface area contributed by atoms with E-state index >= 15 is 0 Å². The number of likely N-dealkylation sites (tertiary alicyclic amines) is 1. The average molecular weight is 224 g/mol. The Morgan fingerprint density at radius 3 is 3.06 bits per heavy atom. The number of hydrogen-bond acceptors (Lipinski definition) is 4. The predicted molar refractivity (Wildman–Crippen MR) is 56.5 cm³/mol. The minimum atomic E-state index is -0.0234. The monoisotopic (exact) mass is 224 g/mol. The van der Waals surface area contributed by atoms with Crippen LogP contribution in [0.3, 0.4) is 0 Å². The Bertz CT molecular complexity index is 339. The van der Waals surface area contributed by atoms with Crippen LogP contribution in [0.1, 0.15) is 19.3 Å². The fraction of sp³-hybridized carbons (Fsp3) is 0.700. The molecule has 0 bridgehead atoms. The van der Waals surface area contributed by atoms with Crippen molar-refractivity contribution in [1.82, 2.24) is 19.9 Å². The Morgan fingerprint density at radius 1 is 1.50 bits per heavy atom. The van der Waals surface area contributed by atoms with Crippen molar-refractivity contribution in [2.75, 3.05) is 13.2 Å². The first-order valence-electron chi connectivity index (χ1n) is 5.55. The lowest BCUT2D eigenvalue weighted by atomic mass is 10.0. The molecule has 1 aliphatic heterocycles. The topological polar surface area (TPSA) is 71.2 Å². The van der Waals surface area contributed by atoms with Gasteiger partial charge in [-0.15, -0.1) is 5.10 Å². The van der Waals surface area contributed by atoms with Crippen LogP contribution >= 0.6 is 0 Å². The van der Waals surface area contributed by atoms with Gasteiger partial charge in [0.2, 0.25) is 5.91 Å². The number of aliphatic hydroxyl groups excluding tert-OH is 1. The lowest BCUT2D eigenvalue weighted by molar-refractivity contribution is -0.136. The van der Waals surface area contributed by atoms with Gasteiger partial charge in [0.1, 0.15) is 6.54 Å². The molecule has 0 aliphatic carbocycles. The van der Waals surface area contributed by atoms with E-state index < -0.39 is 0 Å². The van der Waals surface area contributed by atoms with Crippen LogP contribution in [0.15, 0.2) is 12.4 Å². The quantitative estimate of drug-likeness (QED) is 0.762. The van der Waals surface area contributed by atoms with Gasteiger partial charge in [0, 0.05) is 12.7 Å². The highest BCUT2D eigenvalue weighted by molar-refractivity contribution is 5.76. The predicted octanol–water partition coefficient (Wildman–Crippen LogP) is -0.349. The highest BCUT2D eigenvalue weighted by Crippen LogP contribution is 2.16. The van der Waals surface area contributed by atoms with Gasteiger partial charge in [0.15, 0.2) is 0 Å². The third-order valence-electron chi connectivity index (χ3n) is 2.93. The molecule has 1 fully saturated rings. The van der Waals surface area contributed by atoms with Gasteiger partial charge in [-0.2, -0.15) is 0 Å². The second kappa shape index (κ2) is 5.07. The van der Waals surface area contributed by atoms with E-state index in [2.05, 4.69) is 10.3 Å². The van der Waals surface area contributed by atoms with Gasteiger partial charge in [-0.3, -0.25) is 4.79 Å². The molecule has 0 saturated carbocycles. The van der Waals surface area contributed by atoms with E-state index in [1.807, 2.05) is 0 Å². The third-order valence-corrected chi connectivity index (χ3v) is 2.93. The number of carbonyl (C=O) groups is 1. The molecule has 1 saturated heterocycles. The van der Waals surface area contributed by atoms with Gasteiger partial charge >= 0.3 is 0 Å². The smallest absolute Gasteiger partial charge is 0.244 e. The van der Waals surface area contributed by atoms with Crippen LogP contribution < -0.4 is 0 Å². The summed E-state index contributed by atoms with van der Waals surface area (Å²) in [6, 6.07) is -0.0234. The Balaban J connectivity index is 1.97. The zero-order valence-corrected chi connectivity index (χ0v) is 9.12. The fourth-order valence-electron chi connectivity index (χ4n) is 2.07. The summed E-state index contributed by atoms with van der Waals surface area (Å²) in [5.41, 5.74) is 0. The molecule has 0 radical (unpaired) electrons. The molecule has 1 aliphatic rings. The summed E-state index contributed by atoms with van der Waals surface area (Å²) in [4.78, 5) is 13.7. The van der Waals surface area contributed by atoms with Crippen LogP contribution in [0.5, 0.6) is 0 Å². The number of aromatic nitrogens is 3. The SMILES string of the molecule is O=C(Cn1ccnn1)N1CCCCC1CO. The molecule has 0 spiro atoms. The first-order chi connectivity index (χ1) is 7.81. The second-order valence-electron chi connectivity index (χ2n) is 4.02. The Kier molecular flexibility index (Phi) is 3.51. The van der Waals surface area contributed by atoms with Gasteiger partial charge in [0.25, 0.3) is 0 Å². The number of hydrogen-bond donors (Lipinski definition) is 1. The molecular weight excluding hydrogens is 208 g/mol. The molecule has 16 heavy (non-hydrogen) atoms. The number of nitrogens with zero attached hydrogens (tertiary/aromatic N) is 4. The molecule has 6 heteroatoms. The van der Waals surface area contributed by atoms with E-state index in [-0.39, 0.29) is 25.1 Å². The van der Waals surface area contributed by atoms with Crippen LogP contribution in [0.2, 0.25) is 0 Å². The summed E-state index contributed by atoms with van der Waals surface area (Å²) in [7, 11) is 0. The third kappa shape index (κ3) is 2.38. The van der Waals surface area contributed by atoms with E-state index in [9.17, 15) is 9.90 Å². The molecule has 0 aromatic carbocycles. The minimum Gasteiger partial charge on any atom is -0.394 e. The molecule has 6 nitrogen and oxygen atoms in total. The molecular formula is C10H16N4O2. The number of amides is 1. The highest BCUT2D eigenvalue weighted by atomic mass is 16.3. The maximum Gasteiger partial charge on any atom is 0.244 e. The summed E-state index contributed by atoms with van der Waals surface area (Å²) in [6.07, 6.45) is 6.19. The summed E-state index contributed by atoms with van der Waals surface area (Å²) in [5, 5.41) is 16.6. The van der Waals surface area contributed by atoms with Crippen LogP contribution in [-0.2, 0) is 11.3 Å². The lowest BCUT2D eigenvalue weighted by Gasteiger charge is -2.34. The van der Waals surface area contributed by atoms with Crippen molar-refractivity contribution >= 4 is 5.91 Å². The number of rotatable bonds is 3. The van der Waals surface area contributed by atoms with Crippen molar-refractivity contribution in [1.29, 1.82) is 0 Å². The lowest BCUT2D eigenvalue weighted by Crippen LogP contribution is -2.46. The minimum absolute atomic E-state index is 0.00394. The van der Waals surface area contributed by atoms with Crippen molar-refractivity contribution in [2.24, 2.45) is 0 Å². The van der Waals surface area contributed by atoms with E-state index in [0.717, 1.165) is 25.8 Å². The molecule has 88 valence electrons. The number of piperidine rings is 1. The number of carbonyl (C=O) groups excluding carboxylic acids is 1. The molecule has 2 rings (SSSR count). The molecule has 1 unspecified atom stereocenters. The van der Waals surface area contributed by atoms with Crippen LogP contribution in [0.25, 0.3) is 0 Å². The van der Waals surface area contributed by atoms with Gasteiger partial charge in [0.05, 0.1) is 18.8 Å². The molecule has 1 N–H and O–H groups in total. The first-order valence-corrected chi connectivity index (χ1v) is 5.55. The highest BCUT2D eigenvalue weighted by Gasteiger charge is 2.25. The zero-order chi connectivity index (χ0) is 11.4.